The molecule has 0 atom stereocenters. The molecule has 2 aromatic rings. The molecule has 0 radical (unpaired) electrons. The fraction of sp³-hybridized carbons (Fsp3) is 0.214. The number of nitrogen functional groups attached to an aromatic ring is 1. The second kappa shape index (κ2) is 5.42. The Labute approximate surface area is 124 Å². The number of halogens is 2. The number of nitrogens with two attached hydrogens (primary N) is 1. The molecule has 106 valence electrons. The van der Waals surface area contributed by atoms with E-state index in [4.69, 9.17) is 22.4 Å². The summed E-state index contributed by atoms with van der Waals surface area (Å²) in [5.41, 5.74) is 7.04. The third-order valence-electron chi connectivity index (χ3n) is 2.95. The van der Waals surface area contributed by atoms with Crippen LogP contribution >= 0.6 is 22.9 Å². The second-order valence-electron chi connectivity index (χ2n) is 4.65. The molecule has 3 nitrogen and oxygen atoms in total. The van der Waals surface area contributed by atoms with E-state index >= 15 is 0 Å². The minimum absolute atomic E-state index is 0.000975. The SMILES string of the molecule is CC(C)c1c(-c2cccc(Cl)c2F)sc(C(=O)O)c1N. The highest BCUT2D eigenvalue weighted by Gasteiger charge is 2.25. The number of benzene rings is 1. The molecule has 0 bridgehead atoms. The van der Waals surface area contributed by atoms with Crippen molar-refractivity contribution in [2.45, 2.75) is 19.8 Å². The highest BCUT2D eigenvalue weighted by atomic mass is 35.5. The lowest BCUT2D eigenvalue weighted by Crippen LogP contribution is -2.01. The van der Waals surface area contributed by atoms with E-state index in [9.17, 15) is 9.18 Å². The number of carboxylic acids is 1. The summed E-state index contributed by atoms with van der Waals surface area (Å²) in [5.74, 6) is -1.69. The van der Waals surface area contributed by atoms with Crippen molar-refractivity contribution in [1.29, 1.82) is 0 Å². The van der Waals surface area contributed by atoms with Crippen molar-refractivity contribution < 1.29 is 14.3 Å². The van der Waals surface area contributed by atoms with Crippen LogP contribution in [0.4, 0.5) is 10.1 Å². The van der Waals surface area contributed by atoms with E-state index in [1.165, 1.54) is 6.07 Å². The van der Waals surface area contributed by atoms with Gasteiger partial charge in [-0.1, -0.05) is 37.6 Å². The molecule has 0 unspecified atom stereocenters. The number of anilines is 1. The van der Waals surface area contributed by atoms with Gasteiger partial charge < -0.3 is 10.8 Å². The third-order valence-corrected chi connectivity index (χ3v) is 4.49. The maximum Gasteiger partial charge on any atom is 0.348 e. The van der Waals surface area contributed by atoms with E-state index in [1.54, 1.807) is 12.1 Å². The highest BCUT2D eigenvalue weighted by molar-refractivity contribution is 7.18. The van der Waals surface area contributed by atoms with E-state index in [0.717, 1.165) is 11.3 Å². The summed E-state index contributed by atoms with van der Waals surface area (Å²) in [6.45, 7) is 3.77. The molecule has 1 heterocycles. The topological polar surface area (TPSA) is 63.3 Å². The minimum Gasteiger partial charge on any atom is -0.477 e. The van der Waals surface area contributed by atoms with Crippen LogP contribution in [-0.4, -0.2) is 11.1 Å². The lowest BCUT2D eigenvalue weighted by atomic mass is 9.98. The number of hydrogen-bond donors (Lipinski definition) is 2. The van der Waals surface area contributed by atoms with E-state index < -0.39 is 11.8 Å². The second-order valence-corrected chi connectivity index (χ2v) is 6.08. The molecule has 6 heteroatoms. The van der Waals surface area contributed by atoms with Gasteiger partial charge >= 0.3 is 5.97 Å². The molecule has 20 heavy (non-hydrogen) atoms. The molecule has 2 rings (SSSR count). The van der Waals surface area contributed by atoms with Crippen molar-refractivity contribution in [3.8, 4) is 10.4 Å². The molecule has 3 N–H and O–H groups in total. The van der Waals surface area contributed by atoms with Crippen LogP contribution in [0, 0.1) is 5.82 Å². The third kappa shape index (κ3) is 2.39. The number of aromatic carboxylic acids is 1. The Morgan fingerprint density at radius 3 is 2.65 bits per heavy atom. The van der Waals surface area contributed by atoms with Crippen LogP contribution in [0.15, 0.2) is 18.2 Å². The van der Waals surface area contributed by atoms with Gasteiger partial charge in [0.2, 0.25) is 0 Å². The Hall–Kier alpha value is -1.59. The van der Waals surface area contributed by atoms with Crippen LogP contribution in [0.3, 0.4) is 0 Å². The Balaban J connectivity index is 2.76. The first-order valence-corrected chi connectivity index (χ1v) is 7.13. The molecule has 0 aliphatic carbocycles. The van der Waals surface area contributed by atoms with Gasteiger partial charge in [-0.15, -0.1) is 11.3 Å². The minimum atomic E-state index is -1.11. The summed E-state index contributed by atoms with van der Waals surface area (Å²) in [7, 11) is 0. The molecule has 1 aromatic heterocycles. The van der Waals surface area contributed by atoms with Crippen molar-refractivity contribution >= 4 is 34.6 Å². The first-order valence-electron chi connectivity index (χ1n) is 5.94. The molecule has 0 saturated carbocycles. The summed E-state index contributed by atoms with van der Waals surface area (Å²) < 4.78 is 14.2. The number of carboxylic acid groups (broad SMARTS) is 1. The average Bonchev–Trinajstić information content (AvgIpc) is 2.70. The molecule has 0 fully saturated rings. The zero-order valence-electron chi connectivity index (χ0n) is 10.9. The predicted octanol–water partition coefficient (Wildman–Crippen LogP) is 4.61. The van der Waals surface area contributed by atoms with Crippen molar-refractivity contribution in [2.75, 3.05) is 5.73 Å². The fourth-order valence-electron chi connectivity index (χ4n) is 2.07. The van der Waals surface area contributed by atoms with Gasteiger partial charge in [0, 0.05) is 10.4 Å². The maximum absolute atomic E-state index is 14.2. The first kappa shape index (κ1) is 14.8. The molecular formula is C14H13ClFNO2S. The van der Waals surface area contributed by atoms with Crippen molar-refractivity contribution in [3.63, 3.8) is 0 Å². The van der Waals surface area contributed by atoms with Gasteiger partial charge in [-0.2, -0.15) is 0 Å². The number of thiophene rings is 1. The summed E-state index contributed by atoms with van der Waals surface area (Å²) >= 11 is 6.76. The summed E-state index contributed by atoms with van der Waals surface area (Å²) in [6.07, 6.45) is 0. The molecule has 0 saturated heterocycles. The standard InChI is InChI=1S/C14H13ClFNO2S/c1-6(2)9-11(17)13(14(18)19)20-12(9)7-4-3-5-8(15)10(7)16/h3-6H,17H2,1-2H3,(H,18,19). The monoisotopic (exact) mass is 313 g/mol. The van der Waals surface area contributed by atoms with Crippen LogP contribution in [0.25, 0.3) is 10.4 Å². The molecule has 1 aromatic carbocycles. The summed E-state index contributed by atoms with van der Waals surface area (Å²) in [5, 5.41) is 9.17. The molecule has 0 aliphatic rings. The van der Waals surface area contributed by atoms with Crippen molar-refractivity contribution in [1.82, 2.24) is 0 Å². The average molecular weight is 314 g/mol. The number of rotatable bonds is 3. The van der Waals surface area contributed by atoms with Crippen molar-refractivity contribution in [2.24, 2.45) is 0 Å². The van der Waals surface area contributed by atoms with E-state index in [2.05, 4.69) is 0 Å². The largest absolute Gasteiger partial charge is 0.477 e. The number of hydrogen-bond acceptors (Lipinski definition) is 3. The zero-order chi connectivity index (χ0) is 15.0. The Morgan fingerprint density at radius 1 is 1.45 bits per heavy atom. The first-order chi connectivity index (χ1) is 9.34. The van der Waals surface area contributed by atoms with Gasteiger partial charge in [0.05, 0.1) is 10.7 Å². The van der Waals surface area contributed by atoms with Gasteiger partial charge in [0.25, 0.3) is 0 Å². The summed E-state index contributed by atoms with van der Waals surface area (Å²) in [4.78, 5) is 11.8. The van der Waals surface area contributed by atoms with Crippen molar-refractivity contribution in [3.05, 3.63) is 39.5 Å². The van der Waals surface area contributed by atoms with Gasteiger partial charge in [-0.25, -0.2) is 9.18 Å². The lowest BCUT2D eigenvalue weighted by molar-refractivity contribution is 0.0703. The number of carbonyl (C=O) groups is 1. The Bertz CT molecular complexity index is 682. The molecule has 0 amide bonds. The Morgan fingerprint density at radius 2 is 2.10 bits per heavy atom. The van der Waals surface area contributed by atoms with Crippen LogP contribution in [0.1, 0.15) is 35.0 Å². The zero-order valence-corrected chi connectivity index (χ0v) is 12.5. The van der Waals surface area contributed by atoms with Gasteiger partial charge in [0.15, 0.2) is 0 Å². The smallest absolute Gasteiger partial charge is 0.348 e. The molecular weight excluding hydrogens is 301 g/mol. The maximum atomic E-state index is 14.2. The van der Waals surface area contributed by atoms with Crippen LogP contribution in [0.5, 0.6) is 0 Å². The van der Waals surface area contributed by atoms with Crippen LogP contribution < -0.4 is 5.73 Å². The van der Waals surface area contributed by atoms with Gasteiger partial charge in [-0.3, -0.25) is 0 Å². The van der Waals surface area contributed by atoms with E-state index in [1.807, 2.05) is 13.8 Å². The summed E-state index contributed by atoms with van der Waals surface area (Å²) in [6, 6.07) is 4.65. The molecule has 0 aliphatic heterocycles. The molecule has 0 spiro atoms. The normalized spacial score (nSPS) is 11.1. The fourth-order valence-corrected chi connectivity index (χ4v) is 3.48. The van der Waals surface area contributed by atoms with Crippen LogP contribution in [0.2, 0.25) is 5.02 Å². The van der Waals surface area contributed by atoms with Gasteiger partial charge in [-0.05, 0) is 17.5 Å². The van der Waals surface area contributed by atoms with Crippen LogP contribution in [-0.2, 0) is 0 Å². The highest BCUT2D eigenvalue weighted by Crippen LogP contribution is 2.44. The quantitative estimate of drug-likeness (QED) is 0.869. The Kier molecular flexibility index (Phi) is 4.01. The van der Waals surface area contributed by atoms with E-state index in [0.29, 0.717) is 10.4 Å². The van der Waals surface area contributed by atoms with Gasteiger partial charge in [0.1, 0.15) is 10.7 Å². The van der Waals surface area contributed by atoms with E-state index in [-0.39, 0.29) is 27.1 Å². The lowest BCUT2D eigenvalue weighted by Gasteiger charge is -2.10. The predicted molar refractivity (Wildman–Crippen MR) is 80.2 cm³/mol.